The first-order valence-electron chi connectivity index (χ1n) is 9.80. The zero-order chi connectivity index (χ0) is 18.8. The molecule has 0 bridgehead atoms. The van der Waals surface area contributed by atoms with Gasteiger partial charge in [-0.25, -0.2) is 4.98 Å². The van der Waals surface area contributed by atoms with Crippen LogP contribution in [-0.2, 0) is 13.0 Å². The molecule has 0 N–H and O–H groups in total. The zero-order valence-corrected chi connectivity index (χ0v) is 16.1. The van der Waals surface area contributed by atoms with E-state index < -0.39 is 0 Å². The quantitative estimate of drug-likeness (QED) is 0.835. The van der Waals surface area contributed by atoms with Crippen molar-refractivity contribution in [1.82, 2.24) is 9.88 Å². The molecule has 0 unspecified atom stereocenters. The molecule has 2 aliphatic rings. The smallest absolute Gasteiger partial charge is 0.255 e. The first-order chi connectivity index (χ1) is 13.2. The number of aromatic nitrogens is 1. The number of ether oxygens (including phenoxy) is 1. The van der Waals surface area contributed by atoms with Crippen molar-refractivity contribution in [3.63, 3.8) is 0 Å². The minimum atomic E-state index is 0.106. The summed E-state index contributed by atoms with van der Waals surface area (Å²) < 4.78 is 5.48. The molecule has 5 nitrogen and oxygen atoms in total. The van der Waals surface area contributed by atoms with Crippen molar-refractivity contribution in [2.45, 2.75) is 32.7 Å². The summed E-state index contributed by atoms with van der Waals surface area (Å²) in [5.41, 5.74) is 3.26. The number of likely N-dealkylation sites (tertiary alicyclic amines) is 1. The number of carbonyl (C=O) groups excluding carboxylic acids is 1. The summed E-state index contributed by atoms with van der Waals surface area (Å²) in [6.07, 6.45) is 4.85. The molecule has 1 aromatic carbocycles. The van der Waals surface area contributed by atoms with Gasteiger partial charge < -0.3 is 14.5 Å². The number of amides is 1. The van der Waals surface area contributed by atoms with Crippen LogP contribution in [-0.4, -0.2) is 42.5 Å². The van der Waals surface area contributed by atoms with Gasteiger partial charge in [0.05, 0.1) is 12.7 Å². The molecule has 5 heteroatoms. The highest BCUT2D eigenvalue weighted by Crippen LogP contribution is 2.29. The van der Waals surface area contributed by atoms with E-state index in [1.807, 2.05) is 29.2 Å². The van der Waals surface area contributed by atoms with Crippen molar-refractivity contribution in [3.05, 3.63) is 53.2 Å². The van der Waals surface area contributed by atoms with Crippen LogP contribution in [0.25, 0.3) is 0 Å². The van der Waals surface area contributed by atoms with Gasteiger partial charge in [-0.3, -0.25) is 4.79 Å². The number of pyridine rings is 1. The minimum absolute atomic E-state index is 0.106. The highest BCUT2D eigenvalue weighted by atomic mass is 16.5. The molecule has 142 valence electrons. The molecule has 0 aliphatic carbocycles. The highest BCUT2D eigenvalue weighted by Gasteiger charge is 2.23. The lowest BCUT2D eigenvalue weighted by atomic mass is 9.98. The Morgan fingerprint density at radius 2 is 1.96 bits per heavy atom. The fourth-order valence-corrected chi connectivity index (χ4v) is 4.06. The molecule has 4 rings (SSSR count). The average molecular weight is 365 g/mol. The Labute approximate surface area is 161 Å². The van der Waals surface area contributed by atoms with Gasteiger partial charge in [0, 0.05) is 37.9 Å². The van der Waals surface area contributed by atoms with Crippen molar-refractivity contribution < 1.29 is 9.53 Å². The molecule has 0 atom stereocenters. The largest absolute Gasteiger partial charge is 0.496 e. The van der Waals surface area contributed by atoms with Crippen molar-refractivity contribution in [2.24, 2.45) is 5.92 Å². The second-order valence-corrected chi connectivity index (χ2v) is 7.65. The fourth-order valence-electron chi connectivity index (χ4n) is 4.06. The summed E-state index contributed by atoms with van der Waals surface area (Å²) in [5.74, 6) is 2.72. The van der Waals surface area contributed by atoms with Gasteiger partial charge in [0.1, 0.15) is 11.6 Å². The molecule has 27 heavy (non-hydrogen) atoms. The summed E-state index contributed by atoms with van der Waals surface area (Å²) in [6, 6.07) is 10.1. The lowest BCUT2D eigenvalue weighted by Gasteiger charge is -2.31. The van der Waals surface area contributed by atoms with Crippen molar-refractivity contribution in [2.75, 3.05) is 31.6 Å². The van der Waals surface area contributed by atoms with E-state index in [1.165, 1.54) is 11.1 Å². The molecule has 0 spiro atoms. The van der Waals surface area contributed by atoms with Crippen LogP contribution >= 0.6 is 0 Å². The van der Waals surface area contributed by atoms with Crippen LogP contribution in [0.3, 0.4) is 0 Å². The highest BCUT2D eigenvalue weighted by molar-refractivity contribution is 5.94. The normalized spacial score (nSPS) is 17.6. The first kappa shape index (κ1) is 17.8. The number of hydrogen-bond acceptors (Lipinski definition) is 4. The van der Waals surface area contributed by atoms with E-state index in [0.29, 0.717) is 5.56 Å². The molecule has 1 fully saturated rings. The molecule has 2 aromatic rings. The van der Waals surface area contributed by atoms with E-state index in [2.05, 4.69) is 22.9 Å². The zero-order valence-electron chi connectivity index (χ0n) is 16.1. The van der Waals surface area contributed by atoms with Crippen molar-refractivity contribution >= 4 is 11.7 Å². The number of hydrogen-bond donors (Lipinski definition) is 0. The summed E-state index contributed by atoms with van der Waals surface area (Å²) in [7, 11) is 1.72. The van der Waals surface area contributed by atoms with E-state index in [0.717, 1.165) is 62.9 Å². The van der Waals surface area contributed by atoms with Gasteiger partial charge in [-0.1, -0.05) is 19.1 Å². The van der Waals surface area contributed by atoms with Gasteiger partial charge in [-0.2, -0.15) is 0 Å². The van der Waals surface area contributed by atoms with Crippen LogP contribution in [0.1, 0.15) is 41.3 Å². The first-order valence-corrected chi connectivity index (χ1v) is 9.80. The number of piperidine rings is 1. The van der Waals surface area contributed by atoms with E-state index in [1.54, 1.807) is 13.3 Å². The van der Waals surface area contributed by atoms with Gasteiger partial charge in [0.25, 0.3) is 5.91 Å². The summed E-state index contributed by atoms with van der Waals surface area (Å²) in [5, 5.41) is 0. The second-order valence-electron chi connectivity index (χ2n) is 7.65. The third-order valence-corrected chi connectivity index (χ3v) is 5.83. The van der Waals surface area contributed by atoms with Gasteiger partial charge in [0.15, 0.2) is 0 Å². The Morgan fingerprint density at radius 1 is 1.15 bits per heavy atom. The second kappa shape index (κ2) is 7.59. The van der Waals surface area contributed by atoms with Crippen LogP contribution in [0.15, 0.2) is 36.5 Å². The van der Waals surface area contributed by atoms with Crippen LogP contribution in [0, 0.1) is 5.92 Å². The maximum Gasteiger partial charge on any atom is 0.255 e. The number of rotatable bonds is 3. The van der Waals surface area contributed by atoms with Crippen LogP contribution < -0.4 is 9.64 Å². The topological polar surface area (TPSA) is 45.7 Å². The van der Waals surface area contributed by atoms with Gasteiger partial charge in [-0.15, -0.1) is 0 Å². The lowest BCUT2D eigenvalue weighted by molar-refractivity contribution is 0.0697. The average Bonchev–Trinajstić information content (AvgIpc) is 2.73. The van der Waals surface area contributed by atoms with Crippen LogP contribution in [0.2, 0.25) is 0 Å². The lowest BCUT2D eigenvalue weighted by Crippen LogP contribution is -2.38. The Balaban J connectivity index is 1.46. The summed E-state index contributed by atoms with van der Waals surface area (Å²) in [4.78, 5) is 21.5. The summed E-state index contributed by atoms with van der Waals surface area (Å²) >= 11 is 0. The molecule has 0 radical (unpaired) electrons. The molecule has 1 amide bonds. The number of benzene rings is 1. The predicted molar refractivity (Wildman–Crippen MR) is 106 cm³/mol. The maximum atomic E-state index is 12.7. The Bertz CT molecular complexity index is 811. The SMILES string of the molecule is COc1cccc2c1CCN(c1ccc(C(=O)N3CCC(C)CC3)cn1)C2. The van der Waals surface area contributed by atoms with E-state index in [4.69, 9.17) is 4.74 Å². The number of nitrogens with zero attached hydrogens (tertiary/aromatic N) is 3. The van der Waals surface area contributed by atoms with Gasteiger partial charge >= 0.3 is 0 Å². The maximum absolute atomic E-state index is 12.7. The molecule has 0 saturated carbocycles. The number of methoxy groups -OCH3 is 1. The molecule has 2 aliphatic heterocycles. The standard InChI is InChI=1S/C22H27N3O2/c1-16-8-11-24(12-9-16)22(26)17-6-7-21(23-14-17)25-13-10-19-18(15-25)4-3-5-20(19)27-2/h3-7,14,16H,8-13,15H2,1-2H3. The van der Waals surface area contributed by atoms with E-state index >= 15 is 0 Å². The van der Waals surface area contributed by atoms with Gasteiger partial charge in [-0.05, 0) is 48.9 Å². The third-order valence-electron chi connectivity index (χ3n) is 5.83. The monoisotopic (exact) mass is 365 g/mol. The number of fused-ring (bicyclic) bond motifs is 1. The molecular formula is C22H27N3O2. The summed E-state index contributed by atoms with van der Waals surface area (Å²) in [6.45, 7) is 5.68. The predicted octanol–water partition coefficient (Wildman–Crippen LogP) is 3.53. The van der Waals surface area contributed by atoms with Crippen molar-refractivity contribution in [1.29, 1.82) is 0 Å². The van der Waals surface area contributed by atoms with Crippen molar-refractivity contribution in [3.8, 4) is 5.75 Å². The van der Waals surface area contributed by atoms with E-state index in [9.17, 15) is 4.79 Å². The molecule has 1 aromatic heterocycles. The van der Waals surface area contributed by atoms with Crippen LogP contribution in [0.5, 0.6) is 5.75 Å². The fraction of sp³-hybridized carbons (Fsp3) is 0.455. The van der Waals surface area contributed by atoms with E-state index in [-0.39, 0.29) is 5.91 Å². The Kier molecular flexibility index (Phi) is 5.01. The third kappa shape index (κ3) is 3.64. The Hall–Kier alpha value is -2.56. The molecular weight excluding hydrogens is 338 g/mol. The van der Waals surface area contributed by atoms with Crippen LogP contribution in [0.4, 0.5) is 5.82 Å². The molecule has 3 heterocycles. The number of carbonyl (C=O) groups is 1. The van der Waals surface area contributed by atoms with Gasteiger partial charge in [0.2, 0.25) is 0 Å². The Morgan fingerprint density at radius 3 is 2.67 bits per heavy atom. The number of anilines is 1. The molecule has 1 saturated heterocycles. The minimum Gasteiger partial charge on any atom is -0.496 e.